The van der Waals surface area contributed by atoms with Gasteiger partial charge >= 0.3 is 0 Å². The maximum absolute atomic E-state index is 9.94. The monoisotopic (exact) mass is 267 g/mol. The normalized spacial score (nSPS) is 10.7. The fourth-order valence-corrected chi connectivity index (χ4v) is 2.19. The van der Waals surface area contributed by atoms with E-state index in [2.05, 4.69) is 4.98 Å². The Labute approximate surface area is 115 Å². The molecule has 0 saturated carbocycles. The van der Waals surface area contributed by atoms with Crippen LogP contribution in [0.15, 0.2) is 48.5 Å². The van der Waals surface area contributed by atoms with Gasteiger partial charge in [-0.05, 0) is 24.3 Å². The number of hydrogen-bond donors (Lipinski definition) is 2. The number of para-hydroxylation sites is 1. The van der Waals surface area contributed by atoms with Gasteiger partial charge in [-0.15, -0.1) is 0 Å². The quantitative estimate of drug-likeness (QED) is 0.747. The summed E-state index contributed by atoms with van der Waals surface area (Å²) in [6, 6.07) is 13.8. The molecule has 20 heavy (non-hydrogen) atoms. The summed E-state index contributed by atoms with van der Waals surface area (Å²) in [5.41, 5.74) is 1.93. The lowest BCUT2D eigenvalue weighted by Gasteiger charge is -2.10. The van der Waals surface area contributed by atoms with Gasteiger partial charge in [0.2, 0.25) is 0 Å². The van der Waals surface area contributed by atoms with E-state index in [9.17, 15) is 10.2 Å². The molecule has 2 N–H and O–H groups in total. The molecule has 4 nitrogen and oxygen atoms in total. The van der Waals surface area contributed by atoms with Gasteiger partial charge in [-0.2, -0.15) is 0 Å². The van der Waals surface area contributed by atoms with Crippen molar-refractivity contribution in [2.75, 3.05) is 7.11 Å². The molecule has 0 spiro atoms. The summed E-state index contributed by atoms with van der Waals surface area (Å²) >= 11 is 0. The second-order valence-electron chi connectivity index (χ2n) is 4.43. The van der Waals surface area contributed by atoms with Crippen molar-refractivity contribution in [1.82, 2.24) is 4.98 Å². The van der Waals surface area contributed by atoms with E-state index in [0.29, 0.717) is 17.0 Å². The highest BCUT2D eigenvalue weighted by molar-refractivity contribution is 5.88. The van der Waals surface area contributed by atoms with Gasteiger partial charge in [0, 0.05) is 23.1 Å². The topological polar surface area (TPSA) is 62.6 Å². The van der Waals surface area contributed by atoms with E-state index in [4.69, 9.17) is 4.74 Å². The lowest BCUT2D eigenvalue weighted by Crippen LogP contribution is -1.91. The third-order valence-corrected chi connectivity index (χ3v) is 3.16. The summed E-state index contributed by atoms with van der Waals surface area (Å²) in [5, 5.41) is 20.2. The van der Waals surface area contributed by atoms with Crippen LogP contribution >= 0.6 is 0 Å². The van der Waals surface area contributed by atoms with Crippen molar-refractivity contribution in [3.63, 3.8) is 0 Å². The second kappa shape index (κ2) is 4.74. The number of aromatic nitrogens is 1. The van der Waals surface area contributed by atoms with Gasteiger partial charge in [0.15, 0.2) is 0 Å². The molecule has 0 aliphatic rings. The third kappa shape index (κ3) is 2.01. The zero-order chi connectivity index (χ0) is 14.1. The molecular weight excluding hydrogens is 254 g/mol. The summed E-state index contributed by atoms with van der Waals surface area (Å²) in [6.07, 6.45) is 0. The molecule has 0 aliphatic carbocycles. The molecule has 0 fully saturated rings. The average molecular weight is 267 g/mol. The minimum atomic E-state index is -0.0187. The highest BCUT2D eigenvalue weighted by Crippen LogP contribution is 2.35. The minimum Gasteiger partial charge on any atom is -0.508 e. The molecule has 3 rings (SSSR count). The Hall–Kier alpha value is -2.75. The van der Waals surface area contributed by atoms with E-state index in [1.165, 1.54) is 12.1 Å². The van der Waals surface area contributed by atoms with Crippen molar-refractivity contribution in [2.24, 2.45) is 0 Å². The van der Waals surface area contributed by atoms with E-state index in [1.54, 1.807) is 19.2 Å². The van der Waals surface area contributed by atoms with Gasteiger partial charge in [-0.25, -0.2) is 4.98 Å². The molecule has 1 heterocycles. The van der Waals surface area contributed by atoms with Crippen LogP contribution in [-0.4, -0.2) is 22.3 Å². The van der Waals surface area contributed by atoms with Gasteiger partial charge in [-0.3, -0.25) is 0 Å². The first kappa shape index (κ1) is 12.3. The largest absolute Gasteiger partial charge is 0.508 e. The van der Waals surface area contributed by atoms with Crippen molar-refractivity contribution in [1.29, 1.82) is 0 Å². The predicted octanol–water partition coefficient (Wildman–Crippen LogP) is 3.32. The third-order valence-electron chi connectivity index (χ3n) is 3.16. The van der Waals surface area contributed by atoms with Crippen LogP contribution < -0.4 is 4.74 Å². The lowest BCUT2D eigenvalue weighted by molar-refractivity contribution is 0.419. The van der Waals surface area contributed by atoms with Gasteiger partial charge in [0.25, 0.3) is 0 Å². The van der Waals surface area contributed by atoms with Crippen molar-refractivity contribution in [2.45, 2.75) is 0 Å². The number of methoxy groups -OCH3 is 1. The maximum Gasteiger partial charge on any atom is 0.130 e. The first-order valence-corrected chi connectivity index (χ1v) is 6.15. The Kier molecular flexibility index (Phi) is 2.91. The fraction of sp³-hybridized carbons (Fsp3) is 0.0625. The van der Waals surface area contributed by atoms with Gasteiger partial charge in [0.05, 0.1) is 18.3 Å². The first-order valence-electron chi connectivity index (χ1n) is 6.15. The highest BCUT2D eigenvalue weighted by atomic mass is 16.5. The molecule has 100 valence electrons. The Balaban J connectivity index is 2.26. The molecule has 0 unspecified atom stereocenters. The Morgan fingerprint density at radius 1 is 1.00 bits per heavy atom. The van der Waals surface area contributed by atoms with Crippen molar-refractivity contribution >= 4 is 10.9 Å². The molecule has 0 saturated heterocycles. The zero-order valence-electron chi connectivity index (χ0n) is 10.9. The van der Waals surface area contributed by atoms with Crippen molar-refractivity contribution in [3.8, 4) is 28.5 Å². The number of fused-ring (bicyclic) bond motifs is 1. The highest BCUT2D eigenvalue weighted by Gasteiger charge is 2.11. The molecule has 2 aromatic carbocycles. The van der Waals surface area contributed by atoms with E-state index in [0.717, 1.165) is 10.9 Å². The predicted molar refractivity (Wildman–Crippen MR) is 77.1 cm³/mol. The molecular formula is C16H13NO3. The Morgan fingerprint density at radius 2 is 1.80 bits per heavy atom. The van der Waals surface area contributed by atoms with Crippen LogP contribution in [0.2, 0.25) is 0 Å². The standard InChI is InChI=1S/C16H13NO3/c1-20-16-9-14(11-7-6-10(18)8-15(11)19)17-13-5-3-2-4-12(13)16/h2-9,18-19H,1H3. The van der Waals surface area contributed by atoms with Crippen LogP contribution in [0.25, 0.3) is 22.2 Å². The molecule has 4 heteroatoms. The molecule has 0 amide bonds. The van der Waals surface area contributed by atoms with Gasteiger partial charge < -0.3 is 14.9 Å². The number of phenolic OH excluding ortho intramolecular Hbond substituents is 2. The smallest absolute Gasteiger partial charge is 0.130 e. The van der Waals surface area contributed by atoms with Crippen LogP contribution in [0.3, 0.4) is 0 Å². The number of benzene rings is 2. The number of rotatable bonds is 2. The Bertz CT molecular complexity index is 784. The SMILES string of the molecule is COc1cc(-c2ccc(O)cc2O)nc2ccccc12. The van der Waals surface area contributed by atoms with Crippen molar-refractivity contribution < 1.29 is 14.9 Å². The van der Waals surface area contributed by atoms with Gasteiger partial charge in [0.1, 0.15) is 17.2 Å². The molecule has 0 bridgehead atoms. The first-order chi connectivity index (χ1) is 9.69. The summed E-state index contributed by atoms with van der Waals surface area (Å²) in [6.45, 7) is 0. The van der Waals surface area contributed by atoms with Crippen LogP contribution in [-0.2, 0) is 0 Å². The number of nitrogens with zero attached hydrogens (tertiary/aromatic N) is 1. The van der Waals surface area contributed by atoms with Crippen molar-refractivity contribution in [3.05, 3.63) is 48.5 Å². The van der Waals surface area contributed by atoms with Crippen LogP contribution in [0.4, 0.5) is 0 Å². The summed E-state index contributed by atoms with van der Waals surface area (Å²) in [5.74, 6) is 0.687. The number of hydrogen-bond acceptors (Lipinski definition) is 4. The second-order valence-corrected chi connectivity index (χ2v) is 4.43. The minimum absolute atomic E-state index is 0.0130. The maximum atomic E-state index is 9.94. The number of phenols is 2. The zero-order valence-corrected chi connectivity index (χ0v) is 10.9. The number of aromatic hydroxyl groups is 2. The van der Waals surface area contributed by atoms with Gasteiger partial charge in [-0.1, -0.05) is 12.1 Å². The van der Waals surface area contributed by atoms with Crippen LogP contribution in [0.1, 0.15) is 0 Å². The van der Waals surface area contributed by atoms with Crippen LogP contribution in [0, 0.1) is 0 Å². The van der Waals surface area contributed by atoms with E-state index in [-0.39, 0.29) is 11.5 Å². The fourth-order valence-electron chi connectivity index (χ4n) is 2.19. The van der Waals surface area contributed by atoms with E-state index < -0.39 is 0 Å². The molecule has 1 aromatic heterocycles. The molecule has 3 aromatic rings. The Morgan fingerprint density at radius 3 is 2.55 bits per heavy atom. The summed E-state index contributed by atoms with van der Waals surface area (Å²) in [4.78, 5) is 4.52. The van der Waals surface area contributed by atoms with E-state index in [1.807, 2.05) is 24.3 Å². The molecule has 0 aliphatic heterocycles. The number of ether oxygens (including phenoxy) is 1. The summed E-state index contributed by atoms with van der Waals surface area (Å²) < 4.78 is 5.38. The van der Waals surface area contributed by atoms with Crippen LogP contribution in [0.5, 0.6) is 17.2 Å². The number of pyridine rings is 1. The summed E-state index contributed by atoms with van der Waals surface area (Å²) in [7, 11) is 1.60. The molecule has 0 atom stereocenters. The molecule has 0 radical (unpaired) electrons. The van der Waals surface area contributed by atoms with E-state index >= 15 is 0 Å². The lowest BCUT2D eigenvalue weighted by atomic mass is 10.1. The average Bonchev–Trinajstić information content (AvgIpc) is 2.46.